The molecule has 0 saturated carbocycles. The van der Waals surface area contributed by atoms with E-state index in [9.17, 15) is 4.79 Å². The second kappa shape index (κ2) is 9.73. The number of hydrogen-bond donors (Lipinski definition) is 0. The number of carbonyl (C=O) groups excluding carboxylic acids is 1. The van der Waals surface area contributed by atoms with Gasteiger partial charge in [-0.3, -0.25) is 9.20 Å². The highest BCUT2D eigenvalue weighted by atomic mass is 35.5. The van der Waals surface area contributed by atoms with Crippen molar-refractivity contribution in [3.63, 3.8) is 0 Å². The molecular weight excluding hydrogens is 452 g/mol. The fourth-order valence-corrected chi connectivity index (χ4v) is 4.54. The summed E-state index contributed by atoms with van der Waals surface area (Å²) in [7, 11) is 1.57. The van der Waals surface area contributed by atoms with Gasteiger partial charge >= 0.3 is 0 Å². The Morgan fingerprint density at radius 1 is 1.03 bits per heavy atom. The predicted molar refractivity (Wildman–Crippen MR) is 130 cm³/mol. The summed E-state index contributed by atoms with van der Waals surface area (Å²) < 4.78 is 13.5. The van der Waals surface area contributed by atoms with Gasteiger partial charge in [0.25, 0.3) is 5.91 Å². The molecule has 3 heterocycles. The SMILES string of the molecule is COc1cc(C(=O)N2CCC(c3nnc4ccccn34)CC2)ccc1OCc1ccccc1Cl. The Hall–Kier alpha value is -3.58. The van der Waals surface area contributed by atoms with Crippen LogP contribution in [-0.4, -0.2) is 45.6 Å². The van der Waals surface area contributed by atoms with Crippen LogP contribution in [0.25, 0.3) is 5.65 Å². The molecule has 34 heavy (non-hydrogen) atoms. The molecule has 4 aromatic rings. The standard InChI is InChI=1S/C26H25ClN4O3/c1-33-23-16-19(9-10-22(23)34-17-20-6-2-3-7-21(20)27)26(32)30-14-11-18(12-15-30)25-29-28-24-8-4-5-13-31(24)25/h2-10,13,16,18H,11-12,14-15,17H2,1H3. The van der Waals surface area contributed by atoms with Crippen LogP contribution in [0, 0.1) is 0 Å². The van der Waals surface area contributed by atoms with Crippen molar-refractivity contribution in [2.24, 2.45) is 0 Å². The highest BCUT2D eigenvalue weighted by Gasteiger charge is 2.27. The minimum Gasteiger partial charge on any atom is -0.493 e. The molecular formula is C26H25ClN4O3. The molecule has 7 nitrogen and oxygen atoms in total. The number of pyridine rings is 1. The number of piperidine rings is 1. The van der Waals surface area contributed by atoms with Gasteiger partial charge in [0, 0.05) is 41.4 Å². The van der Waals surface area contributed by atoms with Crippen molar-refractivity contribution in [3.05, 3.63) is 88.8 Å². The zero-order valence-electron chi connectivity index (χ0n) is 18.9. The molecule has 1 aliphatic heterocycles. The molecule has 0 aliphatic carbocycles. The summed E-state index contributed by atoms with van der Waals surface area (Å²) in [6.45, 7) is 1.64. The minimum atomic E-state index is -0.0134. The van der Waals surface area contributed by atoms with E-state index in [-0.39, 0.29) is 11.8 Å². The second-order valence-electron chi connectivity index (χ2n) is 8.30. The van der Waals surface area contributed by atoms with E-state index >= 15 is 0 Å². The molecule has 1 saturated heterocycles. The molecule has 5 rings (SSSR count). The summed E-state index contributed by atoms with van der Waals surface area (Å²) in [6, 6.07) is 18.7. The van der Waals surface area contributed by atoms with Crippen molar-refractivity contribution in [1.29, 1.82) is 0 Å². The third-order valence-corrected chi connectivity index (χ3v) is 6.61. The molecule has 2 aromatic heterocycles. The van der Waals surface area contributed by atoms with Crippen molar-refractivity contribution in [1.82, 2.24) is 19.5 Å². The summed E-state index contributed by atoms with van der Waals surface area (Å²) in [4.78, 5) is 15.1. The van der Waals surface area contributed by atoms with Crippen LogP contribution >= 0.6 is 11.6 Å². The molecule has 0 radical (unpaired) electrons. The van der Waals surface area contributed by atoms with E-state index in [1.54, 1.807) is 25.3 Å². The smallest absolute Gasteiger partial charge is 0.253 e. The van der Waals surface area contributed by atoms with Gasteiger partial charge in [-0.25, -0.2) is 0 Å². The molecule has 0 unspecified atom stereocenters. The summed E-state index contributed by atoms with van der Waals surface area (Å²) in [6.07, 6.45) is 3.68. The minimum absolute atomic E-state index is 0.0134. The Bertz CT molecular complexity index is 1310. The van der Waals surface area contributed by atoms with E-state index < -0.39 is 0 Å². The largest absolute Gasteiger partial charge is 0.493 e. The Kier molecular flexibility index (Phi) is 6.36. The molecule has 0 N–H and O–H groups in total. The van der Waals surface area contributed by atoms with Crippen LogP contribution in [0.5, 0.6) is 11.5 Å². The lowest BCUT2D eigenvalue weighted by atomic mass is 9.95. The summed E-state index contributed by atoms with van der Waals surface area (Å²) >= 11 is 6.22. The van der Waals surface area contributed by atoms with E-state index in [0.29, 0.717) is 41.8 Å². The zero-order valence-corrected chi connectivity index (χ0v) is 19.6. The predicted octanol–water partition coefficient (Wildman–Crippen LogP) is 4.99. The normalized spacial score (nSPS) is 14.4. The topological polar surface area (TPSA) is 69.0 Å². The van der Waals surface area contributed by atoms with Gasteiger partial charge in [0.2, 0.25) is 0 Å². The molecule has 1 aliphatic rings. The van der Waals surface area contributed by atoms with Crippen molar-refractivity contribution in [2.75, 3.05) is 20.2 Å². The van der Waals surface area contributed by atoms with E-state index in [4.69, 9.17) is 21.1 Å². The number of hydrogen-bond acceptors (Lipinski definition) is 5. The van der Waals surface area contributed by atoms with Gasteiger partial charge in [-0.1, -0.05) is 35.9 Å². The van der Waals surface area contributed by atoms with Gasteiger partial charge in [-0.15, -0.1) is 10.2 Å². The average molecular weight is 477 g/mol. The van der Waals surface area contributed by atoms with Gasteiger partial charge in [-0.05, 0) is 49.2 Å². The third-order valence-electron chi connectivity index (χ3n) is 6.24. The number of amides is 1. The van der Waals surface area contributed by atoms with Crippen LogP contribution in [0.1, 0.15) is 40.5 Å². The summed E-state index contributed by atoms with van der Waals surface area (Å²) in [5, 5.41) is 9.31. The van der Waals surface area contributed by atoms with Gasteiger partial charge < -0.3 is 14.4 Å². The molecule has 0 spiro atoms. The van der Waals surface area contributed by atoms with E-state index in [1.807, 2.05) is 58.0 Å². The maximum Gasteiger partial charge on any atom is 0.253 e. The van der Waals surface area contributed by atoms with E-state index in [1.165, 1.54) is 0 Å². The number of halogens is 1. The number of aromatic nitrogens is 3. The summed E-state index contributed by atoms with van der Waals surface area (Å²) in [5.74, 6) is 2.31. The molecule has 8 heteroatoms. The highest BCUT2D eigenvalue weighted by molar-refractivity contribution is 6.31. The lowest BCUT2D eigenvalue weighted by Gasteiger charge is -2.31. The van der Waals surface area contributed by atoms with Crippen molar-refractivity contribution < 1.29 is 14.3 Å². The first-order valence-electron chi connectivity index (χ1n) is 11.3. The van der Waals surface area contributed by atoms with Crippen molar-refractivity contribution in [3.8, 4) is 11.5 Å². The molecule has 2 aromatic carbocycles. The van der Waals surface area contributed by atoms with E-state index in [2.05, 4.69) is 10.2 Å². The first-order chi connectivity index (χ1) is 16.6. The number of methoxy groups -OCH3 is 1. The Labute approximate surface area is 202 Å². The van der Waals surface area contributed by atoms with Crippen LogP contribution in [0.15, 0.2) is 66.9 Å². The van der Waals surface area contributed by atoms with Crippen molar-refractivity contribution in [2.45, 2.75) is 25.4 Å². The third kappa shape index (κ3) is 4.43. The lowest BCUT2D eigenvalue weighted by Crippen LogP contribution is -2.38. The first-order valence-corrected chi connectivity index (χ1v) is 11.6. The van der Waals surface area contributed by atoms with Crippen molar-refractivity contribution >= 4 is 23.2 Å². The van der Waals surface area contributed by atoms with Crippen LogP contribution in [0.2, 0.25) is 5.02 Å². The van der Waals surface area contributed by atoms with Gasteiger partial charge in [0.05, 0.1) is 7.11 Å². The molecule has 174 valence electrons. The Balaban J connectivity index is 1.24. The van der Waals surface area contributed by atoms with Gasteiger partial charge in [0.15, 0.2) is 17.1 Å². The highest BCUT2D eigenvalue weighted by Crippen LogP contribution is 2.32. The number of nitrogens with zero attached hydrogens (tertiary/aromatic N) is 4. The average Bonchev–Trinajstić information content (AvgIpc) is 3.32. The van der Waals surface area contributed by atoms with Crippen LogP contribution < -0.4 is 9.47 Å². The van der Waals surface area contributed by atoms with Crippen LogP contribution in [0.4, 0.5) is 0 Å². The Morgan fingerprint density at radius 2 is 1.82 bits per heavy atom. The fraction of sp³-hybridized carbons (Fsp3) is 0.269. The van der Waals surface area contributed by atoms with Gasteiger partial charge in [-0.2, -0.15) is 0 Å². The number of ether oxygens (including phenoxy) is 2. The number of carbonyl (C=O) groups is 1. The molecule has 0 atom stereocenters. The molecule has 1 fully saturated rings. The maximum atomic E-state index is 13.2. The van der Waals surface area contributed by atoms with Gasteiger partial charge in [0.1, 0.15) is 12.4 Å². The number of likely N-dealkylation sites (tertiary alicyclic amines) is 1. The summed E-state index contributed by atoms with van der Waals surface area (Å²) in [5.41, 5.74) is 2.31. The van der Waals surface area contributed by atoms with Crippen LogP contribution in [-0.2, 0) is 6.61 Å². The first kappa shape index (κ1) is 22.2. The molecule has 0 bridgehead atoms. The quantitative estimate of drug-likeness (QED) is 0.392. The Morgan fingerprint density at radius 3 is 2.62 bits per heavy atom. The van der Waals surface area contributed by atoms with Crippen LogP contribution in [0.3, 0.4) is 0 Å². The fourth-order valence-electron chi connectivity index (χ4n) is 4.35. The lowest BCUT2D eigenvalue weighted by molar-refractivity contribution is 0.0710. The number of fused-ring (bicyclic) bond motifs is 1. The monoisotopic (exact) mass is 476 g/mol. The van der Waals surface area contributed by atoms with E-state index in [0.717, 1.165) is 29.9 Å². The maximum absolute atomic E-state index is 13.2. The second-order valence-corrected chi connectivity index (χ2v) is 8.71. The number of benzene rings is 2. The molecule has 1 amide bonds. The zero-order chi connectivity index (χ0) is 23.5. The number of rotatable bonds is 6.